The van der Waals surface area contributed by atoms with E-state index in [-0.39, 0.29) is 5.41 Å². The number of nitrogens with zero attached hydrogens (tertiary/aromatic N) is 2. The normalized spacial score (nSPS) is 19.4. The lowest BCUT2D eigenvalue weighted by Gasteiger charge is -2.43. The van der Waals surface area contributed by atoms with Crippen LogP contribution in [0.5, 0.6) is 5.75 Å². The van der Waals surface area contributed by atoms with Gasteiger partial charge in [-0.25, -0.2) is 4.98 Å². The first kappa shape index (κ1) is 16.0. The summed E-state index contributed by atoms with van der Waals surface area (Å²) in [6, 6.07) is 8.04. The third-order valence-corrected chi connectivity index (χ3v) is 4.07. The van der Waals surface area contributed by atoms with Gasteiger partial charge in [0.1, 0.15) is 5.75 Å². The molecule has 1 aromatic carbocycles. The van der Waals surface area contributed by atoms with Crippen molar-refractivity contribution in [2.75, 3.05) is 20.3 Å². The summed E-state index contributed by atoms with van der Waals surface area (Å²) >= 11 is 0. The average Bonchev–Trinajstić information content (AvgIpc) is 3.04. The molecule has 2 heterocycles. The van der Waals surface area contributed by atoms with Crippen LogP contribution in [0.15, 0.2) is 43.0 Å². The highest BCUT2D eigenvalue weighted by molar-refractivity contribution is 5.28. The number of hydrogen-bond donors (Lipinski definition) is 0. The van der Waals surface area contributed by atoms with E-state index in [9.17, 15) is 0 Å². The number of methoxy groups -OCH3 is 1. The number of ether oxygens (including phenoxy) is 3. The van der Waals surface area contributed by atoms with Gasteiger partial charge in [-0.15, -0.1) is 0 Å². The van der Waals surface area contributed by atoms with Crippen LogP contribution in [0.1, 0.15) is 19.4 Å². The van der Waals surface area contributed by atoms with E-state index in [1.165, 1.54) is 0 Å². The van der Waals surface area contributed by atoms with E-state index < -0.39 is 5.79 Å². The predicted molar refractivity (Wildman–Crippen MR) is 87.3 cm³/mol. The number of aromatic nitrogens is 2. The second-order valence-electron chi connectivity index (χ2n) is 6.91. The van der Waals surface area contributed by atoms with Crippen LogP contribution < -0.4 is 4.74 Å². The van der Waals surface area contributed by atoms with Gasteiger partial charge in [0, 0.05) is 24.2 Å². The topological polar surface area (TPSA) is 45.5 Å². The Hall–Kier alpha value is -1.85. The summed E-state index contributed by atoms with van der Waals surface area (Å²) in [5, 5.41) is 0. The molecule has 0 aliphatic carbocycles. The molecule has 3 rings (SSSR count). The second kappa shape index (κ2) is 6.34. The van der Waals surface area contributed by atoms with E-state index in [0.29, 0.717) is 26.2 Å². The molecule has 0 atom stereocenters. The van der Waals surface area contributed by atoms with Crippen molar-refractivity contribution in [1.29, 1.82) is 0 Å². The standard InChI is InChI=1S/C18H24N2O3/c1-17(2)12-22-18(23-13-17,11-20-9-8-19-14-20)10-15-4-6-16(21-3)7-5-15/h4-9,14H,10-13H2,1-3H3. The van der Waals surface area contributed by atoms with Crippen LogP contribution in [0.2, 0.25) is 0 Å². The first-order valence-electron chi connectivity index (χ1n) is 7.87. The summed E-state index contributed by atoms with van der Waals surface area (Å²) in [6.45, 7) is 6.29. The van der Waals surface area contributed by atoms with Gasteiger partial charge in [-0.3, -0.25) is 0 Å². The van der Waals surface area contributed by atoms with Gasteiger partial charge in [-0.05, 0) is 17.7 Å². The first-order chi connectivity index (χ1) is 11.0. The van der Waals surface area contributed by atoms with Gasteiger partial charge in [0.15, 0.2) is 5.79 Å². The Morgan fingerprint density at radius 2 is 1.87 bits per heavy atom. The zero-order chi connectivity index (χ0) is 16.3. The Bertz CT molecular complexity index is 610. The third kappa shape index (κ3) is 3.92. The van der Waals surface area contributed by atoms with Gasteiger partial charge < -0.3 is 18.8 Å². The van der Waals surface area contributed by atoms with Crippen molar-refractivity contribution in [3.8, 4) is 5.75 Å². The molecule has 0 N–H and O–H groups in total. The minimum atomic E-state index is -0.662. The highest BCUT2D eigenvalue weighted by atomic mass is 16.7. The Kier molecular flexibility index (Phi) is 4.41. The van der Waals surface area contributed by atoms with Gasteiger partial charge in [0.25, 0.3) is 0 Å². The highest BCUT2D eigenvalue weighted by Gasteiger charge is 2.41. The summed E-state index contributed by atoms with van der Waals surface area (Å²) < 4.78 is 19.6. The Labute approximate surface area is 137 Å². The quantitative estimate of drug-likeness (QED) is 0.851. The van der Waals surface area contributed by atoms with E-state index in [1.54, 1.807) is 19.6 Å². The third-order valence-electron chi connectivity index (χ3n) is 4.07. The molecule has 1 saturated heterocycles. The molecule has 2 aromatic rings. The van der Waals surface area contributed by atoms with Crippen LogP contribution in [0.25, 0.3) is 0 Å². The van der Waals surface area contributed by atoms with Crippen molar-refractivity contribution in [2.24, 2.45) is 5.41 Å². The zero-order valence-corrected chi connectivity index (χ0v) is 14.0. The van der Waals surface area contributed by atoms with Crippen molar-refractivity contribution >= 4 is 0 Å². The molecule has 0 radical (unpaired) electrons. The van der Waals surface area contributed by atoms with E-state index in [1.807, 2.05) is 22.9 Å². The van der Waals surface area contributed by atoms with Crippen LogP contribution >= 0.6 is 0 Å². The van der Waals surface area contributed by atoms with Crippen LogP contribution in [-0.4, -0.2) is 35.7 Å². The lowest BCUT2D eigenvalue weighted by atomic mass is 9.93. The van der Waals surface area contributed by atoms with Crippen molar-refractivity contribution in [1.82, 2.24) is 9.55 Å². The van der Waals surface area contributed by atoms with Crippen molar-refractivity contribution < 1.29 is 14.2 Å². The Balaban J connectivity index is 1.79. The molecule has 0 amide bonds. The SMILES string of the molecule is COc1ccc(CC2(Cn3ccnc3)OCC(C)(C)CO2)cc1. The molecule has 1 aliphatic rings. The fraction of sp³-hybridized carbons (Fsp3) is 0.500. The maximum absolute atomic E-state index is 6.21. The van der Waals surface area contributed by atoms with Crippen molar-refractivity contribution in [3.05, 3.63) is 48.5 Å². The Morgan fingerprint density at radius 1 is 1.17 bits per heavy atom. The highest BCUT2D eigenvalue weighted by Crippen LogP contribution is 2.33. The summed E-state index contributed by atoms with van der Waals surface area (Å²) in [5.41, 5.74) is 1.20. The van der Waals surface area contributed by atoms with E-state index in [0.717, 1.165) is 11.3 Å². The lowest BCUT2D eigenvalue weighted by Crippen LogP contribution is -2.51. The molecule has 23 heavy (non-hydrogen) atoms. The smallest absolute Gasteiger partial charge is 0.190 e. The van der Waals surface area contributed by atoms with Gasteiger partial charge in [0.05, 0.1) is 33.2 Å². The van der Waals surface area contributed by atoms with Crippen molar-refractivity contribution in [3.63, 3.8) is 0 Å². The lowest BCUT2D eigenvalue weighted by molar-refractivity contribution is -0.304. The molecule has 0 spiro atoms. The second-order valence-corrected chi connectivity index (χ2v) is 6.91. The van der Waals surface area contributed by atoms with E-state index >= 15 is 0 Å². The maximum atomic E-state index is 6.21. The minimum absolute atomic E-state index is 0.0400. The fourth-order valence-corrected chi connectivity index (χ4v) is 2.70. The first-order valence-corrected chi connectivity index (χ1v) is 7.87. The van der Waals surface area contributed by atoms with Crippen LogP contribution in [-0.2, 0) is 22.4 Å². The molecule has 1 aliphatic heterocycles. The summed E-state index contributed by atoms with van der Waals surface area (Å²) in [5.74, 6) is 0.189. The Morgan fingerprint density at radius 3 is 2.43 bits per heavy atom. The van der Waals surface area contributed by atoms with Crippen LogP contribution in [0.3, 0.4) is 0 Å². The fourth-order valence-electron chi connectivity index (χ4n) is 2.70. The molecule has 124 valence electrons. The maximum Gasteiger partial charge on any atom is 0.190 e. The van der Waals surface area contributed by atoms with E-state index in [2.05, 4.69) is 31.0 Å². The van der Waals surface area contributed by atoms with Gasteiger partial charge in [0.2, 0.25) is 0 Å². The molecule has 0 unspecified atom stereocenters. The van der Waals surface area contributed by atoms with Crippen LogP contribution in [0, 0.1) is 5.41 Å². The molecule has 0 bridgehead atoms. The summed E-state index contributed by atoms with van der Waals surface area (Å²) in [7, 11) is 1.67. The molecule has 5 heteroatoms. The zero-order valence-electron chi connectivity index (χ0n) is 14.0. The van der Waals surface area contributed by atoms with Gasteiger partial charge in [-0.1, -0.05) is 26.0 Å². The van der Waals surface area contributed by atoms with E-state index in [4.69, 9.17) is 14.2 Å². The summed E-state index contributed by atoms with van der Waals surface area (Å²) in [6.07, 6.45) is 6.18. The molecule has 0 saturated carbocycles. The number of rotatable bonds is 5. The molecule has 1 fully saturated rings. The minimum Gasteiger partial charge on any atom is -0.497 e. The number of benzene rings is 1. The molecular weight excluding hydrogens is 292 g/mol. The molecule has 1 aromatic heterocycles. The largest absolute Gasteiger partial charge is 0.497 e. The number of hydrogen-bond acceptors (Lipinski definition) is 4. The van der Waals surface area contributed by atoms with Crippen molar-refractivity contribution in [2.45, 2.75) is 32.6 Å². The van der Waals surface area contributed by atoms with Gasteiger partial charge >= 0.3 is 0 Å². The molecular formula is C18H24N2O3. The predicted octanol–water partition coefficient (Wildman–Crippen LogP) is 2.90. The van der Waals surface area contributed by atoms with Crippen LogP contribution in [0.4, 0.5) is 0 Å². The summed E-state index contributed by atoms with van der Waals surface area (Å²) in [4.78, 5) is 4.11. The number of imidazole rings is 1. The molecule has 5 nitrogen and oxygen atoms in total. The average molecular weight is 316 g/mol. The monoisotopic (exact) mass is 316 g/mol. The van der Waals surface area contributed by atoms with Gasteiger partial charge in [-0.2, -0.15) is 0 Å².